The van der Waals surface area contributed by atoms with Crippen LogP contribution in [0.25, 0.3) is 0 Å². The molecular formula is C9H11ClN2. The fourth-order valence-electron chi connectivity index (χ4n) is 0.970. The SMILES string of the molecule is C=CC(NN)c1ccc(Cl)cc1. The molecule has 0 aromatic heterocycles. The molecule has 0 heterocycles. The third kappa shape index (κ3) is 2.08. The van der Waals surface area contributed by atoms with Gasteiger partial charge in [0.1, 0.15) is 0 Å². The molecule has 3 heteroatoms. The van der Waals surface area contributed by atoms with E-state index in [9.17, 15) is 0 Å². The summed E-state index contributed by atoms with van der Waals surface area (Å²) in [6.45, 7) is 3.66. The largest absolute Gasteiger partial charge is 0.271 e. The monoisotopic (exact) mass is 182 g/mol. The molecule has 0 spiro atoms. The minimum absolute atomic E-state index is 0.0118. The van der Waals surface area contributed by atoms with Gasteiger partial charge >= 0.3 is 0 Å². The van der Waals surface area contributed by atoms with Crippen LogP contribution in [0.15, 0.2) is 36.9 Å². The Balaban J connectivity index is 2.87. The molecule has 12 heavy (non-hydrogen) atoms. The molecule has 64 valence electrons. The van der Waals surface area contributed by atoms with Gasteiger partial charge in [0.15, 0.2) is 0 Å². The lowest BCUT2D eigenvalue weighted by Crippen LogP contribution is -2.26. The third-order valence-electron chi connectivity index (χ3n) is 1.64. The number of benzene rings is 1. The third-order valence-corrected chi connectivity index (χ3v) is 1.90. The van der Waals surface area contributed by atoms with Gasteiger partial charge in [-0.25, -0.2) is 5.43 Å². The summed E-state index contributed by atoms with van der Waals surface area (Å²) in [5.74, 6) is 5.30. The van der Waals surface area contributed by atoms with Crippen LogP contribution in [-0.2, 0) is 0 Å². The molecule has 0 amide bonds. The van der Waals surface area contributed by atoms with Crippen LogP contribution in [0.2, 0.25) is 5.02 Å². The molecule has 1 aromatic carbocycles. The van der Waals surface area contributed by atoms with E-state index >= 15 is 0 Å². The molecule has 1 unspecified atom stereocenters. The van der Waals surface area contributed by atoms with E-state index in [1.54, 1.807) is 6.08 Å². The molecule has 0 aliphatic rings. The van der Waals surface area contributed by atoms with Gasteiger partial charge in [-0.2, -0.15) is 0 Å². The summed E-state index contributed by atoms with van der Waals surface area (Å²) in [5, 5.41) is 0.721. The van der Waals surface area contributed by atoms with Crippen LogP contribution in [0.3, 0.4) is 0 Å². The number of halogens is 1. The second-order valence-electron chi connectivity index (χ2n) is 2.43. The molecule has 0 fully saturated rings. The van der Waals surface area contributed by atoms with Crippen molar-refractivity contribution in [3.8, 4) is 0 Å². The molecule has 0 saturated carbocycles. The highest BCUT2D eigenvalue weighted by molar-refractivity contribution is 6.30. The normalized spacial score (nSPS) is 12.5. The molecule has 1 rings (SSSR count). The first-order valence-electron chi connectivity index (χ1n) is 3.62. The van der Waals surface area contributed by atoms with Crippen LogP contribution in [0, 0.1) is 0 Å². The molecular weight excluding hydrogens is 172 g/mol. The Bertz CT molecular complexity index is 256. The van der Waals surface area contributed by atoms with Gasteiger partial charge in [0.25, 0.3) is 0 Å². The number of hydrazine groups is 1. The van der Waals surface area contributed by atoms with Gasteiger partial charge in [0.2, 0.25) is 0 Å². The van der Waals surface area contributed by atoms with Crippen molar-refractivity contribution in [1.82, 2.24) is 5.43 Å². The van der Waals surface area contributed by atoms with E-state index in [1.807, 2.05) is 24.3 Å². The maximum atomic E-state index is 5.73. The Morgan fingerprint density at radius 2 is 2.00 bits per heavy atom. The second kappa shape index (κ2) is 4.26. The van der Waals surface area contributed by atoms with Crippen molar-refractivity contribution < 1.29 is 0 Å². The van der Waals surface area contributed by atoms with Gasteiger partial charge in [-0.15, -0.1) is 6.58 Å². The first kappa shape index (κ1) is 9.26. The van der Waals surface area contributed by atoms with E-state index in [0.29, 0.717) is 0 Å². The first-order valence-corrected chi connectivity index (χ1v) is 4.00. The summed E-state index contributed by atoms with van der Waals surface area (Å²) in [4.78, 5) is 0. The van der Waals surface area contributed by atoms with Crippen molar-refractivity contribution in [3.63, 3.8) is 0 Å². The van der Waals surface area contributed by atoms with Crippen LogP contribution < -0.4 is 11.3 Å². The van der Waals surface area contributed by atoms with E-state index in [2.05, 4.69) is 12.0 Å². The highest BCUT2D eigenvalue weighted by Crippen LogP contribution is 2.16. The Morgan fingerprint density at radius 1 is 1.42 bits per heavy atom. The lowest BCUT2D eigenvalue weighted by Gasteiger charge is -2.10. The summed E-state index contributed by atoms with van der Waals surface area (Å²) in [7, 11) is 0. The van der Waals surface area contributed by atoms with Gasteiger partial charge in [0.05, 0.1) is 6.04 Å². The molecule has 3 N–H and O–H groups in total. The Morgan fingerprint density at radius 3 is 2.42 bits per heavy atom. The summed E-state index contributed by atoms with van der Waals surface area (Å²) < 4.78 is 0. The average molecular weight is 183 g/mol. The van der Waals surface area contributed by atoms with Gasteiger partial charge in [-0.3, -0.25) is 5.84 Å². The van der Waals surface area contributed by atoms with Gasteiger partial charge in [-0.1, -0.05) is 29.8 Å². The number of hydrogen-bond acceptors (Lipinski definition) is 2. The van der Waals surface area contributed by atoms with Gasteiger partial charge in [-0.05, 0) is 17.7 Å². The van der Waals surface area contributed by atoms with Crippen molar-refractivity contribution in [2.45, 2.75) is 6.04 Å². The molecule has 0 saturated heterocycles. The predicted octanol–water partition coefficient (Wildman–Crippen LogP) is 2.03. The highest BCUT2D eigenvalue weighted by atomic mass is 35.5. The molecule has 0 bridgehead atoms. The number of nitrogens with one attached hydrogen (secondary N) is 1. The predicted molar refractivity (Wildman–Crippen MR) is 51.7 cm³/mol. The van der Waals surface area contributed by atoms with E-state index in [4.69, 9.17) is 17.4 Å². The van der Waals surface area contributed by atoms with Crippen LogP contribution in [-0.4, -0.2) is 0 Å². The minimum Gasteiger partial charge on any atom is -0.271 e. The van der Waals surface area contributed by atoms with E-state index in [-0.39, 0.29) is 6.04 Å². The lowest BCUT2D eigenvalue weighted by molar-refractivity contribution is 0.657. The summed E-state index contributed by atoms with van der Waals surface area (Å²) in [6, 6.07) is 7.46. The molecule has 0 aliphatic carbocycles. The molecule has 0 aliphatic heterocycles. The van der Waals surface area contributed by atoms with Crippen molar-refractivity contribution >= 4 is 11.6 Å². The summed E-state index contributed by atoms with van der Waals surface area (Å²) in [5.41, 5.74) is 3.68. The zero-order chi connectivity index (χ0) is 8.97. The zero-order valence-electron chi connectivity index (χ0n) is 6.63. The zero-order valence-corrected chi connectivity index (χ0v) is 7.38. The molecule has 1 aromatic rings. The van der Waals surface area contributed by atoms with Crippen molar-refractivity contribution in [1.29, 1.82) is 0 Å². The van der Waals surface area contributed by atoms with Gasteiger partial charge < -0.3 is 0 Å². The summed E-state index contributed by atoms with van der Waals surface area (Å²) >= 11 is 5.73. The topological polar surface area (TPSA) is 38.0 Å². The van der Waals surface area contributed by atoms with E-state index < -0.39 is 0 Å². The second-order valence-corrected chi connectivity index (χ2v) is 2.87. The maximum Gasteiger partial charge on any atom is 0.0638 e. The lowest BCUT2D eigenvalue weighted by atomic mass is 10.1. The highest BCUT2D eigenvalue weighted by Gasteiger charge is 2.02. The smallest absolute Gasteiger partial charge is 0.0638 e. The van der Waals surface area contributed by atoms with E-state index in [0.717, 1.165) is 10.6 Å². The van der Waals surface area contributed by atoms with Crippen LogP contribution in [0.4, 0.5) is 0 Å². The standard InChI is InChI=1S/C9H11ClN2/c1-2-9(12-11)7-3-5-8(10)6-4-7/h2-6,9,12H,1,11H2. The van der Waals surface area contributed by atoms with Crippen molar-refractivity contribution in [2.24, 2.45) is 5.84 Å². The molecule has 2 nitrogen and oxygen atoms in total. The minimum atomic E-state index is -0.0118. The van der Waals surface area contributed by atoms with E-state index in [1.165, 1.54) is 0 Å². The van der Waals surface area contributed by atoms with Crippen LogP contribution in [0.5, 0.6) is 0 Å². The van der Waals surface area contributed by atoms with Crippen molar-refractivity contribution in [3.05, 3.63) is 47.5 Å². The molecule has 0 radical (unpaired) electrons. The fourth-order valence-corrected chi connectivity index (χ4v) is 1.10. The number of hydrogen-bond donors (Lipinski definition) is 2. The average Bonchev–Trinajstić information content (AvgIpc) is 2.10. The quantitative estimate of drug-likeness (QED) is 0.427. The fraction of sp³-hybridized carbons (Fsp3) is 0.111. The van der Waals surface area contributed by atoms with Crippen LogP contribution >= 0.6 is 11.6 Å². The van der Waals surface area contributed by atoms with Gasteiger partial charge in [0, 0.05) is 5.02 Å². The summed E-state index contributed by atoms with van der Waals surface area (Å²) in [6.07, 6.45) is 1.74. The maximum absolute atomic E-state index is 5.73. The van der Waals surface area contributed by atoms with Crippen LogP contribution in [0.1, 0.15) is 11.6 Å². The van der Waals surface area contributed by atoms with Crippen molar-refractivity contribution in [2.75, 3.05) is 0 Å². The Labute approximate surface area is 77.0 Å². The Kier molecular flexibility index (Phi) is 3.29. The molecule has 1 atom stereocenters. The number of rotatable bonds is 3. The number of nitrogens with two attached hydrogens (primary N) is 1. The Hall–Kier alpha value is -0.830. The first-order chi connectivity index (χ1) is 5.77.